The van der Waals surface area contributed by atoms with Gasteiger partial charge in [-0.2, -0.15) is 13.2 Å². The number of nitrogens with two attached hydrogens (primary N) is 1. The summed E-state index contributed by atoms with van der Waals surface area (Å²) in [6.07, 6.45) is 0.0983. The molecule has 0 aromatic heterocycles. The highest BCUT2D eigenvalue weighted by molar-refractivity contribution is 5.77. The Labute approximate surface area is 118 Å². The van der Waals surface area contributed by atoms with Crippen LogP contribution in [0.25, 0.3) is 0 Å². The fourth-order valence-corrected chi connectivity index (χ4v) is 2.76. The third-order valence-corrected chi connectivity index (χ3v) is 3.66. The van der Waals surface area contributed by atoms with Crippen LogP contribution in [0, 0.1) is 5.92 Å². The van der Waals surface area contributed by atoms with E-state index in [1.165, 1.54) is 0 Å². The van der Waals surface area contributed by atoms with Crippen LogP contribution in [0.15, 0.2) is 0 Å². The first-order valence-corrected chi connectivity index (χ1v) is 7.25. The van der Waals surface area contributed by atoms with Gasteiger partial charge >= 0.3 is 6.18 Å². The van der Waals surface area contributed by atoms with Crippen molar-refractivity contribution >= 4 is 5.91 Å². The lowest BCUT2D eigenvalue weighted by atomic mass is 9.80. The summed E-state index contributed by atoms with van der Waals surface area (Å²) in [4.78, 5) is 13.1. The van der Waals surface area contributed by atoms with Crippen molar-refractivity contribution in [1.82, 2.24) is 4.90 Å². The van der Waals surface area contributed by atoms with E-state index < -0.39 is 24.2 Å². The monoisotopic (exact) mass is 294 g/mol. The summed E-state index contributed by atoms with van der Waals surface area (Å²) in [6, 6.07) is 0. The smallest absolute Gasteiger partial charge is 0.333 e. The molecule has 0 aliphatic heterocycles. The zero-order valence-corrected chi connectivity index (χ0v) is 12.3. The lowest BCUT2D eigenvalue weighted by Crippen LogP contribution is -2.49. The van der Waals surface area contributed by atoms with Crippen LogP contribution in [0.1, 0.15) is 52.4 Å². The molecule has 118 valence electrons. The highest BCUT2D eigenvalue weighted by Crippen LogP contribution is 2.30. The fourth-order valence-electron chi connectivity index (χ4n) is 2.76. The molecule has 1 amide bonds. The van der Waals surface area contributed by atoms with Crippen LogP contribution >= 0.6 is 0 Å². The van der Waals surface area contributed by atoms with Crippen molar-refractivity contribution in [3.8, 4) is 0 Å². The zero-order chi connectivity index (χ0) is 15.4. The van der Waals surface area contributed by atoms with E-state index in [0.29, 0.717) is 0 Å². The van der Waals surface area contributed by atoms with Crippen molar-refractivity contribution in [2.45, 2.75) is 64.1 Å². The Balaban J connectivity index is 2.66. The number of carbonyl (C=O) groups excluding carboxylic acids is 1. The molecule has 2 N–H and O–H groups in total. The van der Waals surface area contributed by atoms with Crippen LogP contribution in [-0.4, -0.2) is 35.6 Å². The van der Waals surface area contributed by atoms with Gasteiger partial charge in [-0.25, -0.2) is 0 Å². The number of halogens is 3. The molecule has 6 heteroatoms. The van der Waals surface area contributed by atoms with E-state index in [1.807, 2.05) is 0 Å². The molecule has 0 aromatic rings. The van der Waals surface area contributed by atoms with Crippen molar-refractivity contribution < 1.29 is 18.0 Å². The maximum absolute atomic E-state index is 12.6. The lowest BCUT2D eigenvalue weighted by molar-refractivity contribution is -0.163. The van der Waals surface area contributed by atoms with Gasteiger partial charge in [0, 0.05) is 18.5 Å². The summed E-state index contributed by atoms with van der Waals surface area (Å²) in [5.74, 6) is -0.471. The van der Waals surface area contributed by atoms with Crippen molar-refractivity contribution in [2.75, 3.05) is 13.1 Å². The van der Waals surface area contributed by atoms with E-state index in [4.69, 9.17) is 5.73 Å². The number of rotatable bonds is 5. The number of carbonyl (C=O) groups is 1. The van der Waals surface area contributed by atoms with Gasteiger partial charge in [0.15, 0.2) is 0 Å². The number of hydrogen-bond acceptors (Lipinski definition) is 2. The topological polar surface area (TPSA) is 46.3 Å². The van der Waals surface area contributed by atoms with Gasteiger partial charge in [0.05, 0.1) is 0 Å². The Bertz CT molecular complexity index is 323. The minimum absolute atomic E-state index is 0.00128. The van der Waals surface area contributed by atoms with Crippen LogP contribution in [0.4, 0.5) is 13.2 Å². The van der Waals surface area contributed by atoms with Crippen LogP contribution in [-0.2, 0) is 4.79 Å². The molecule has 0 aromatic carbocycles. The lowest BCUT2D eigenvalue weighted by Gasteiger charge is -2.35. The number of hydrogen-bond donors (Lipinski definition) is 1. The Morgan fingerprint density at radius 2 is 1.80 bits per heavy atom. The second-order valence-corrected chi connectivity index (χ2v) is 6.38. The van der Waals surface area contributed by atoms with Crippen LogP contribution < -0.4 is 5.73 Å². The minimum Gasteiger partial charge on any atom is -0.333 e. The van der Waals surface area contributed by atoms with E-state index in [0.717, 1.165) is 37.0 Å². The Morgan fingerprint density at radius 1 is 1.25 bits per heavy atom. The Morgan fingerprint density at radius 3 is 2.25 bits per heavy atom. The second-order valence-electron chi connectivity index (χ2n) is 6.38. The van der Waals surface area contributed by atoms with Crippen molar-refractivity contribution in [1.29, 1.82) is 0 Å². The number of nitrogens with zero attached hydrogens (tertiary/aromatic N) is 1. The van der Waals surface area contributed by atoms with E-state index in [-0.39, 0.29) is 18.9 Å². The molecule has 0 spiro atoms. The normalized spacial score (nSPS) is 19.1. The molecule has 0 atom stereocenters. The number of amides is 1. The zero-order valence-electron chi connectivity index (χ0n) is 12.3. The third-order valence-electron chi connectivity index (χ3n) is 3.66. The predicted octanol–water partition coefficient (Wildman–Crippen LogP) is 3.09. The van der Waals surface area contributed by atoms with E-state index in [9.17, 15) is 18.0 Å². The van der Waals surface area contributed by atoms with Gasteiger partial charge in [0.1, 0.15) is 6.54 Å². The quantitative estimate of drug-likeness (QED) is 0.847. The molecule has 20 heavy (non-hydrogen) atoms. The fraction of sp³-hybridized carbons (Fsp3) is 0.929. The maximum atomic E-state index is 12.6. The molecule has 1 saturated carbocycles. The third kappa shape index (κ3) is 6.11. The molecule has 1 rings (SSSR count). The van der Waals surface area contributed by atoms with Gasteiger partial charge in [-0.1, -0.05) is 33.1 Å². The Hall–Kier alpha value is -0.780. The van der Waals surface area contributed by atoms with Crippen LogP contribution in [0.3, 0.4) is 0 Å². The Kier molecular flexibility index (Phi) is 5.86. The van der Waals surface area contributed by atoms with Crippen molar-refractivity contribution in [3.63, 3.8) is 0 Å². The molecule has 1 fully saturated rings. The summed E-state index contributed by atoms with van der Waals surface area (Å²) < 4.78 is 37.7. The van der Waals surface area contributed by atoms with Crippen molar-refractivity contribution in [3.05, 3.63) is 0 Å². The molecule has 1 aliphatic rings. The second kappa shape index (κ2) is 6.78. The maximum Gasteiger partial charge on any atom is 0.406 e. The molecule has 1 aliphatic carbocycles. The summed E-state index contributed by atoms with van der Waals surface area (Å²) >= 11 is 0. The van der Waals surface area contributed by atoms with Gasteiger partial charge in [-0.15, -0.1) is 0 Å². The van der Waals surface area contributed by atoms with E-state index in [1.54, 1.807) is 13.8 Å². The summed E-state index contributed by atoms with van der Waals surface area (Å²) in [7, 11) is 0. The average Bonchev–Trinajstić information content (AvgIpc) is 2.25. The number of alkyl halides is 3. The van der Waals surface area contributed by atoms with Gasteiger partial charge in [-0.3, -0.25) is 4.79 Å². The SMILES string of the molecule is CC(C)CN(CC(F)(F)F)C(=O)CC1(N)CCCCC1. The largest absolute Gasteiger partial charge is 0.406 e. The highest BCUT2D eigenvalue weighted by Gasteiger charge is 2.36. The molecule has 0 saturated heterocycles. The van der Waals surface area contributed by atoms with Crippen molar-refractivity contribution in [2.24, 2.45) is 11.7 Å². The van der Waals surface area contributed by atoms with Gasteiger partial charge < -0.3 is 10.6 Å². The standard InChI is InChI=1S/C14H25F3N2O/c1-11(2)9-19(10-14(15,16)17)12(20)8-13(18)6-4-3-5-7-13/h11H,3-10,18H2,1-2H3. The molecule has 0 radical (unpaired) electrons. The van der Waals surface area contributed by atoms with Gasteiger partial charge in [0.2, 0.25) is 5.91 Å². The minimum atomic E-state index is -4.36. The summed E-state index contributed by atoms with van der Waals surface area (Å²) in [5, 5.41) is 0. The molecular formula is C14H25F3N2O. The molecule has 3 nitrogen and oxygen atoms in total. The predicted molar refractivity (Wildman–Crippen MR) is 72.1 cm³/mol. The molecule has 0 bridgehead atoms. The van der Waals surface area contributed by atoms with E-state index in [2.05, 4.69) is 0 Å². The van der Waals surface area contributed by atoms with Crippen LogP contribution in [0.2, 0.25) is 0 Å². The first-order valence-electron chi connectivity index (χ1n) is 7.25. The van der Waals surface area contributed by atoms with Gasteiger partial charge in [-0.05, 0) is 18.8 Å². The molecular weight excluding hydrogens is 269 g/mol. The average molecular weight is 294 g/mol. The highest BCUT2D eigenvalue weighted by atomic mass is 19.4. The van der Waals surface area contributed by atoms with E-state index >= 15 is 0 Å². The van der Waals surface area contributed by atoms with Gasteiger partial charge in [0.25, 0.3) is 0 Å². The van der Waals surface area contributed by atoms with Crippen LogP contribution in [0.5, 0.6) is 0 Å². The molecule has 0 heterocycles. The first kappa shape index (κ1) is 17.3. The summed E-state index contributed by atoms with van der Waals surface area (Å²) in [5.41, 5.74) is 5.55. The molecule has 0 unspecified atom stereocenters. The first-order chi connectivity index (χ1) is 9.11. The summed E-state index contributed by atoms with van der Waals surface area (Å²) in [6.45, 7) is 2.54.